The van der Waals surface area contributed by atoms with Crippen LogP contribution in [0.4, 0.5) is 8.78 Å². The van der Waals surface area contributed by atoms with Crippen molar-refractivity contribution in [3.8, 4) is 5.75 Å². The molecule has 0 fully saturated rings. The maximum Gasteiger partial charge on any atom is 0.272 e. The monoisotopic (exact) mass is 508 g/mol. The fourth-order valence-electron chi connectivity index (χ4n) is 2.21. The van der Waals surface area contributed by atoms with Crippen molar-refractivity contribution in [2.45, 2.75) is 45.7 Å². The summed E-state index contributed by atoms with van der Waals surface area (Å²) in [6, 6.07) is 6.99. The number of halogens is 3. The quantitative estimate of drug-likeness (QED) is 0.335. The van der Waals surface area contributed by atoms with Crippen molar-refractivity contribution in [2.24, 2.45) is 4.99 Å². The van der Waals surface area contributed by atoms with Gasteiger partial charge in [0.2, 0.25) is 5.89 Å². The van der Waals surface area contributed by atoms with E-state index in [9.17, 15) is 8.78 Å². The number of hydrogen-bond acceptors (Lipinski definition) is 4. The van der Waals surface area contributed by atoms with Crippen molar-refractivity contribution in [1.29, 1.82) is 0 Å². The predicted octanol–water partition coefficient (Wildman–Crippen LogP) is 4.10. The van der Waals surface area contributed by atoms with Crippen molar-refractivity contribution in [2.75, 3.05) is 13.7 Å². The van der Waals surface area contributed by atoms with Crippen LogP contribution >= 0.6 is 24.0 Å². The second-order valence-corrected chi connectivity index (χ2v) is 7.00. The van der Waals surface area contributed by atoms with Crippen LogP contribution in [-0.2, 0) is 18.5 Å². The first-order valence-electron chi connectivity index (χ1n) is 8.67. The lowest BCUT2D eigenvalue weighted by molar-refractivity contribution is 0.0818. The van der Waals surface area contributed by atoms with E-state index in [1.54, 1.807) is 31.4 Å². The van der Waals surface area contributed by atoms with Crippen LogP contribution in [0.5, 0.6) is 5.75 Å². The summed E-state index contributed by atoms with van der Waals surface area (Å²) < 4.78 is 35.2. The highest BCUT2D eigenvalue weighted by atomic mass is 127. The number of ether oxygens (including phenoxy) is 1. The second kappa shape index (κ2) is 11.2. The van der Waals surface area contributed by atoms with Gasteiger partial charge in [-0.1, -0.05) is 32.9 Å². The van der Waals surface area contributed by atoms with E-state index in [-0.39, 0.29) is 29.4 Å². The molecule has 0 spiro atoms. The number of rotatable bonds is 7. The summed E-state index contributed by atoms with van der Waals surface area (Å²) in [5, 5.41) is 6.28. The van der Waals surface area contributed by atoms with Gasteiger partial charge in [-0.25, -0.2) is 13.8 Å². The maximum atomic E-state index is 12.2. The number of benzene rings is 1. The molecule has 0 aliphatic rings. The van der Waals surface area contributed by atoms with E-state index in [2.05, 4.69) is 41.4 Å². The number of aromatic nitrogens is 1. The van der Waals surface area contributed by atoms with Gasteiger partial charge in [-0.2, -0.15) is 0 Å². The van der Waals surface area contributed by atoms with E-state index < -0.39 is 13.0 Å². The summed E-state index contributed by atoms with van der Waals surface area (Å²) in [6.07, 6.45) is -0.762. The van der Waals surface area contributed by atoms with E-state index in [0.29, 0.717) is 30.7 Å². The van der Waals surface area contributed by atoms with E-state index in [1.165, 1.54) is 0 Å². The SMILES string of the molecule is CN=C(NCc1cccc(OCC(F)F)c1)NCc1ncc(C(C)(C)C)o1.I. The van der Waals surface area contributed by atoms with Gasteiger partial charge in [0.25, 0.3) is 6.43 Å². The van der Waals surface area contributed by atoms with Gasteiger partial charge < -0.3 is 19.8 Å². The number of nitrogens with zero attached hydrogens (tertiary/aromatic N) is 2. The van der Waals surface area contributed by atoms with Gasteiger partial charge in [0.05, 0.1) is 12.7 Å². The van der Waals surface area contributed by atoms with Gasteiger partial charge >= 0.3 is 0 Å². The van der Waals surface area contributed by atoms with E-state index >= 15 is 0 Å². The van der Waals surface area contributed by atoms with Crippen LogP contribution in [0.25, 0.3) is 0 Å². The molecule has 28 heavy (non-hydrogen) atoms. The zero-order valence-corrected chi connectivity index (χ0v) is 18.8. The van der Waals surface area contributed by atoms with Gasteiger partial charge in [0, 0.05) is 19.0 Å². The van der Waals surface area contributed by atoms with Crippen LogP contribution in [0.1, 0.15) is 38.0 Å². The Bertz CT molecular complexity index is 760. The lowest BCUT2D eigenvalue weighted by Crippen LogP contribution is -2.36. The van der Waals surface area contributed by atoms with Gasteiger partial charge in [-0.05, 0) is 17.7 Å². The third kappa shape index (κ3) is 7.99. The summed E-state index contributed by atoms with van der Waals surface area (Å²) >= 11 is 0. The molecule has 0 saturated carbocycles. The Hall–Kier alpha value is -1.91. The molecule has 156 valence electrons. The molecule has 0 atom stereocenters. The van der Waals surface area contributed by atoms with Crippen molar-refractivity contribution >= 4 is 29.9 Å². The average Bonchev–Trinajstić information content (AvgIpc) is 3.10. The second-order valence-electron chi connectivity index (χ2n) is 7.00. The molecule has 0 radical (unpaired) electrons. The Kier molecular flexibility index (Phi) is 9.63. The summed E-state index contributed by atoms with van der Waals surface area (Å²) in [5.74, 6) is 2.38. The number of alkyl halides is 2. The average molecular weight is 508 g/mol. The van der Waals surface area contributed by atoms with Crippen molar-refractivity contribution in [3.05, 3.63) is 47.7 Å². The van der Waals surface area contributed by atoms with Crippen LogP contribution < -0.4 is 15.4 Å². The minimum absolute atomic E-state index is 0. The molecule has 0 aliphatic carbocycles. The molecule has 0 bridgehead atoms. The summed E-state index contributed by atoms with van der Waals surface area (Å²) in [4.78, 5) is 8.41. The largest absolute Gasteiger partial charge is 0.488 e. The minimum Gasteiger partial charge on any atom is -0.488 e. The lowest BCUT2D eigenvalue weighted by Gasteiger charge is -2.13. The fraction of sp³-hybridized carbons (Fsp3) is 0.474. The van der Waals surface area contributed by atoms with Gasteiger partial charge in [0.15, 0.2) is 5.96 Å². The zero-order valence-electron chi connectivity index (χ0n) is 16.5. The van der Waals surface area contributed by atoms with Gasteiger partial charge in [-0.3, -0.25) is 4.99 Å². The van der Waals surface area contributed by atoms with E-state index in [4.69, 9.17) is 9.15 Å². The van der Waals surface area contributed by atoms with Crippen molar-refractivity contribution in [3.63, 3.8) is 0 Å². The Morgan fingerprint density at radius 3 is 2.57 bits per heavy atom. The number of hydrogen-bond donors (Lipinski definition) is 2. The maximum absolute atomic E-state index is 12.2. The number of nitrogens with one attached hydrogen (secondary N) is 2. The molecular formula is C19H27F2IN4O2. The molecule has 0 amide bonds. The standard InChI is InChI=1S/C19H26F2N4O2.HI/c1-19(2,3)15-10-23-17(27-15)11-25-18(22-4)24-9-13-6-5-7-14(8-13)26-12-16(20)21;/h5-8,10,16H,9,11-12H2,1-4H3,(H2,22,24,25);1H. The molecule has 1 aromatic carbocycles. The Morgan fingerprint density at radius 1 is 1.25 bits per heavy atom. The van der Waals surface area contributed by atoms with Gasteiger partial charge in [0.1, 0.15) is 18.1 Å². The molecule has 2 rings (SSSR count). The molecule has 0 aliphatic heterocycles. The predicted molar refractivity (Wildman–Crippen MR) is 116 cm³/mol. The summed E-state index contributed by atoms with van der Waals surface area (Å²) in [5.41, 5.74) is 0.790. The van der Waals surface area contributed by atoms with E-state index in [1.807, 2.05) is 6.07 Å². The number of oxazole rings is 1. The molecule has 6 nitrogen and oxygen atoms in total. The number of guanidine groups is 1. The summed E-state index contributed by atoms with van der Waals surface area (Å²) in [6.45, 7) is 6.42. The molecule has 1 aromatic heterocycles. The van der Waals surface area contributed by atoms with Crippen molar-refractivity contribution < 1.29 is 17.9 Å². The highest BCUT2D eigenvalue weighted by Crippen LogP contribution is 2.22. The molecule has 2 N–H and O–H groups in total. The topological polar surface area (TPSA) is 71.7 Å². The Balaban J connectivity index is 0.00000392. The van der Waals surface area contributed by atoms with Crippen molar-refractivity contribution in [1.82, 2.24) is 15.6 Å². The first-order chi connectivity index (χ1) is 12.8. The van der Waals surface area contributed by atoms with E-state index in [0.717, 1.165) is 11.3 Å². The molecule has 2 aromatic rings. The fourth-order valence-corrected chi connectivity index (χ4v) is 2.21. The van der Waals surface area contributed by atoms with Crippen LogP contribution in [0.15, 0.2) is 39.9 Å². The Morgan fingerprint density at radius 2 is 1.96 bits per heavy atom. The molecule has 1 heterocycles. The molecule has 0 unspecified atom stereocenters. The minimum atomic E-state index is -2.50. The number of aliphatic imine (C=N–C) groups is 1. The first-order valence-corrected chi connectivity index (χ1v) is 8.67. The summed E-state index contributed by atoms with van der Waals surface area (Å²) in [7, 11) is 1.66. The highest BCUT2D eigenvalue weighted by molar-refractivity contribution is 14.0. The van der Waals surface area contributed by atoms with Crippen LogP contribution in [-0.4, -0.2) is 31.0 Å². The van der Waals surface area contributed by atoms with Crippen LogP contribution in [0.3, 0.4) is 0 Å². The van der Waals surface area contributed by atoms with Crippen LogP contribution in [0, 0.1) is 0 Å². The smallest absolute Gasteiger partial charge is 0.272 e. The molecular weight excluding hydrogens is 481 g/mol. The Labute approximate surface area is 181 Å². The first kappa shape index (κ1) is 24.1. The zero-order chi connectivity index (χ0) is 19.9. The van der Waals surface area contributed by atoms with Crippen LogP contribution in [0.2, 0.25) is 0 Å². The lowest BCUT2D eigenvalue weighted by atomic mass is 9.94. The molecule has 0 saturated heterocycles. The third-order valence-electron chi connectivity index (χ3n) is 3.66. The third-order valence-corrected chi connectivity index (χ3v) is 3.66. The van der Waals surface area contributed by atoms with Gasteiger partial charge in [-0.15, -0.1) is 24.0 Å². The normalized spacial score (nSPS) is 11.9. The highest BCUT2D eigenvalue weighted by Gasteiger charge is 2.19. The molecule has 9 heteroatoms.